The number of hydrogen-bond acceptors (Lipinski definition) is 3. The van der Waals surface area contributed by atoms with Crippen molar-refractivity contribution in [2.45, 2.75) is 20.0 Å². The maximum Gasteiger partial charge on any atom is 0.323 e. The number of ether oxygens (including phenoxy) is 1. The van der Waals surface area contributed by atoms with Crippen LogP contribution >= 0.6 is 0 Å². The summed E-state index contributed by atoms with van der Waals surface area (Å²) in [5.41, 5.74) is 2.98. The molecule has 0 heterocycles. The van der Waals surface area contributed by atoms with Gasteiger partial charge in [0.25, 0.3) is 5.91 Å². The highest BCUT2D eigenvalue weighted by molar-refractivity contribution is 6.00. The first-order valence-electron chi connectivity index (χ1n) is 7.56. The van der Waals surface area contributed by atoms with Gasteiger partial charge >= 0.3 is 6.03 Å². The molecule has 1 atom stereocenters. The maximum absolute atomic E-state index is 12.0. The van der Waals surface area contributed by atoms with Crippen LogP contribution < -0.4 is 16.0 Å². The van der Waals surface area contributed by atoms with Crippen LogP contribution in [0, 0.1) is 6.92 Å². The quantitative estimate of drug-likeness (QED) is 0.785. The van der Waals surface area contributed by atoms with Crippen molar-refractivity contribution in [1.82, 2.24) is 0 Å². The average molecular weight is 327 g/mol. The lowest BCUT2D eigenvalue weighted by Gasteiger charge is -2.12. The van der Waals surface area contributed by atoms with E-state index in [1.54, 1.807) is 31.2 Å². The monoisotopic (exact) mass is 327 g/mol. The zero-order valence-corrected chi connectivity index (χ0v) is 13.9. The van der Waals surface area contributed by atoms with E-state index in [0.717, 1.165) is 5.56 Å². The topological polar surface area (TPSA) is 79.5 Å². The van der Waals surface area contributed by atoms with E-state index in [1.165, 1.54) is 7.11 Å². The molecular weight excluding hydrogens is 306 g/mol. The lowest BCUT2D eigenvalue weighted by Crippen LogP contribution is -2.26. The molecule has 0 aliphatic rings. The number of aryl methyl sites for hydroxylation is 1. The summed E-state index contributed by atoms with van der Waals surface area (Å²) in [7, 11) is 1.47. The van der Waals surface area contributed by atoms with Crippen molar-refractivity contribution >= 4 is 29.0 Å². The molecule has 0 aliphatic carbocycles. The summed E-state index contributed by atoms with van der Waals surface area (Å²) in [6.45, 7) is 3.64. The number of carbonyl (C=O) groups is 2. The van der Waals surface area contributed by atoms with Gasteiger partial charge in [0.15, 0.2) is 0 Å². The van der Waals surface area contributed by atoms with Crippen LogP contribution in [0.2, 0.25) is 0 Å². The average Bonchev–Trinajstić information content (AvgIpc) is 2.56. The Morgan fingerprint density at radius 3 is 2.12 bits per heavy atom. The number of methoxy groups -OCH3 is 1. The second-order valence-electron chi connectivity index (χ2n) is 5.39. The summed E-state index contributed by atoms with van der Waals surface area (Å²) >= 11 is 0. The van der Waals surface area contributed by atoms with Gasteiger partial charge in [0, 0.05) is 24.2 Å². The molecule has 2 aromatic rings. The molecule has 2 aromatic carbocycles. The molecule has 0 unspecified atom stereocenters. The molecular formula is C18H21N3O3. The van der Waals surface area contributed by atoms with E-state index in [0.29, 0.717) is 17.1 Å². The van der Waals surface area contributed by atoms with Crippen LogP contribution in [0.1, 0.15) is 12.5 Å². The lowest BCUT2D eigenvalue weighted by atomic mass is 10.2. The number of anilines is 3. The Kier molecular flexibility index (Phi) is 5.92. The van der Waals surface area contributed by atoms with E-state index in [9.17, 15) is 9.59 Å². The summed E-state index contributed by atoms with van der Waals surface area (Å²) in [6, 6.07) is 14.0. The van der Waals surface area contributed by atoms with Crippen LogP contribution in [-0.4, -0.2) is 25.2 Å². The fourth-order valence-corrected chi connectivity index (χ4v) is 1.96. The summed E-state index contributed by atoms with van der Waals surface area (Å²) < 4.78 is 4.96. The van der Waals surface area contributed by atoms with Crippen LogP contribution in [-0.2, 0) is 9.53 Å². The third kappa shape index (κ3) is 5.10. The zero-order chi connectivity index (χ0) is 17.5. The van der Waals surface area contributed by atoms with Gasteiger partial charge in [-0.3, -0.25) is 4.79 Å². The maximum atomic E-state index is 12.0. The Morgan fingerprint density at radius 2 is 1.50 bits per heavy atom. The van der Waals surface area contributed by atoms with Gasteiger partial charge in [0.1, 0.15) is 6.10 Å². The minimum Gasteiger partial charge on any atom is -0.372 e. The highest BCUT2D eigenvalue weighted by Gasteiger charge is 2.12. The first kappa shape index (κ1) is 17.5. The Morgan fingerprint density at radius 1 is 0.917 bits per heavy atom. The molecule has 0 saturated carbocycles. The Labute approximate surface area is 141 Å². The number of urea groups is 1. The fourth-order valence-electron chi connectivity index (χ4n) is 1.96. The number of carbonyl (C=O) groups excluding carboxylic acids is 2. The van der Waals surface area contributed by atoms with Gasteiger partial charge < -0.3 is 20.7 Å². The van der Waals surface area contributed by atoms with E-state index in [4.69, 9.17) is 4.74 Å². The van der Waals surface area contributed by atoms with Crippen molar-refractivity contribution in [2.24, 2.45) is 0 Å². The summed E-state index contributed by atoms with van der Waals surface area (Å²) in [5.74, 6) is -0.251. The number of nitrogens with one attached hydrogen (secondary N) is 3. The highest BCUT2D eigenvalue weighted by atomic mass is 16.5. The molecule has 3 N–H and O–H groups in total. The highest BCUT2D eigenvalue weighted by Crippen LogP contribution is 2.16. The van der Waals surface area contributed by atoms with E-state index < -0.39 is 6.10 Å². The van der Waals surface area contributed by atoms with Crippen LogP contribution in [0.3, 0.4) is 0 Å². The molecule has 2 rings (SSSR count). The van der Waals surface area contributed by atoms with Crippen molar-refractivity contribution in [2.75, 3.05) is 23.1 Å². The van der Waals surface area contributed by atoms with Gasteiger partial charge in [0.05, 0.1) is 0 Å². The number of amides is 3. The SMILES string of the molecule is CO[C@H](C)C(=O)Nc1cccc(NC(=O)Nc2ccc(C)cc2)c1. The van der Waals surface area contributed by atoms with Crippen LogP contribution in [0.25, 0.3) is 0 Å². The minimum atomic E-state index is -0.550. The molecule has 0 radical (unpaired) electrons. The van der Waals surface area contributed by atoms with Crippen molar-refractivity contribution in [1.29, 1.82) is 0 Å². The van der Waals surface area contributed by atoms with Crippen LogP contribution in [0.4, 0.5) is 21.9 Å². The number of hydrogen-bond donors (Lipinski definition) is 3. The summed E-state index contributed by atoms with van der Waals surface area (Å²) in [6.07, 6.45) is -0.550. The molecule has 6 nitrogen and oxygen atoms in total. The van der Waals surface area contributed by atoms with Gasteiger partial charge in [-0.2, -0.15) is 0 Å². The molecule has 3 amide bonds. The van der Waals surface area contributed by atoms with Crippen LogP contribution in [0.15, 0.2) is 48.5 Å². The first-order valence-corrected chi connectivity index (χ1v) is 7.56. The largest absolute Gasteiger partial charge is 0.372 e. The number of rotatable bonds is 5. The Bertz CT molecular complexity index is 714. The molecule has 0 fully saturated rings. The predicted octanol–water partition coefficient (Wildman–Crippen LogP) is 3.61. The van der Waals surface area contributed by atoms with E-state index in [1.807, 2.05) is 31.2 Å². The molecule has 0 spiro atoms. The number of benzene rings is 2. The first-order chi connectivity index (χ1) is 11.5. The Hall–Kier alpha value is -2.86. The van der Waals surface area contributed by atoms with Crippen molar-refractivity contribution in [3.63, 3.8) is 0 Å². The fraction of sp³-hybridized carbons (Fsp3) is 0.222. The predicted molar refractivity (Wildman–Crippen MR) is 95.4 cm³/mol. The molecule has 6 heteroatoms. The third-order valence-corrected chi connectivity index (χ3v) is 3.42. The van der Waals surface area contributed by atoms with Gasteiger partial charge in [-0.15, -0.1) is 0 Å². The second kappa shape index (κ2) is 8.12. The molecule has 0 aromatic heterocycles. The van der Waals surface area contributed by atoms with Crippen molar-refractivity contribution in [3.05, 3.63) is 54.1 Å². The van der Waals surface area contributed by atoms with Crippen molar-refractivity contribution in [3.8, 4) is 0 Å². The summed E-state index contributed by atoms with van der Waals surface area (Å²) in [5, 5.41) is 8.20. The summed E-state index contributed by atoms with van der Waals surface area (Å²) in [4.78, 5) is 23.8. The van der Waals surface area contributed by atoms with E-state index in [2.05, 4.69) is 16.0 Å². The van der Waals surface area contributed by atoms with E-state index >= 15 is 0 Å². The Balaban J connectivity index is 1.97. The van der Waals surface area contributed by atoms with Gasteiger partial charge in [0.2, 0.25) is 0 Å². The molecule has 0 aliphatic heterocycles. The normalized spacial score (nSPS) is 11.5. The smallest absolute Gasteiger partial charge is 0.323 e. The second-order valence-corrected chi connectivity index (χ2v) is 5.39. The van der Waals surface area contributed by atoms with Gasteiger partial charge in [-0.25, -0.2) is 4.79 Å². The van der Waals surface area contributed by atoms with Crippen molar-refractivity contribution < 1.29 is 14.3 Å². The molecule has 0 saturated heterocycles. The minimum absolute atomic E-state index is 0.251. The van der Waals surface area contributed by atoms with E-state index in [-0.39, 0.29) is 11.9 Å². The standard InChI is InChI=1S/C18H21N3O3/c1-12-7-9-14(10-8-12)20-18(23)21-16-6-4-5-15(11-16)19-17(22)13(2)24-3/h4-11,13H,1-3H3,(H,19,22)(H2,20,21,23)/t13-/m1/s1. The molecule has 24 heavy (non-hydrogen) atoms. The van der Waals surface area contributed by atoms with Gasteiger partial charge in [-0.05, 0) is 44.2 Å². The third-order valence-electron chi connectivity index (χ3n) is 3.42. The van der Waals surface area contributed by atoms with Gasteiger partial charge in [-0.1, -0.05) is 23.8 Å². The molecule has 0 bridgehead atoms. The zero-order valence-electron chi connectivity index (χ0n) is 13.9. The lowest BCUT2D eigenvalue weighted by molar-refractivity contribution is -0.124. The molecule has 126 valence electrons. The van der Waals surface area contributed by atoms with Crippen LogP contribution in [0.5, 0.6) is 0 Å².